The van der Waals surface area contributed by atoms with Crippen LogP contribution in [-0.2, 0) is 0 Å². The van der Waals surface area contributed by atoms with Crippen molar-refractivity contribution in [2.45, 2.75) is 46.1 Å². The molecule has 1 aliphatic rings. The molecule has 94 valence electrons. The van der Waals surface area contributed by atoms with Crippen molar-refractivity contribution in [2.24, 2.45) is 17.1 Å². The molecule has 1 rings (SSSR count). The highest BCUT2D eigenvalue weighted by atomic mass is 16.4. The molecule has 0 saturated carbocycles. The first kappa shape index (κ1) is 13.3. The fraction of sp³-hybridized carbons (Fsp3) is 0.917. The monoisotopic (exact) mass is 228 g/mol. The number of likely N-dealkylation sites (tertiary alicyclic amines) is 1. The Kier molecular flexibility index (Phi) is 4.19. The lowest BCUT2D eigenvalue weighted by Gasteiger charge is -2.44. The van der Waals surface area contributed by atoms with Crippen LogP contribution in [0.5, 0.6) is 0 Å². The highest BCUT2D eigenvalue weighted by Gasteiger charge is 2.38. The van der Waals surface area contributed by atoms with Gasteiger partial charge in [-0.15, -0.1) is 0 Å². The molecule has 1 heterocycles. The van der Waals surface area contributed by atoms with Crippen LogP contribution in [-0.4, -0.2) is 35.2 Å². The second-order valence-corrected chi connectivity index (χ2v) is 5.83. The Morgan fingerprint density at radius 2 is 2.12 bits per heavy atom. The molecule has 1 fully saturated rings. The van der Waals surface area contributed by atoms with Crippen LogP contribution in [0.1, 0.15) is 40.0 Å². The summed E-state index contributed by atoms with van der Waals surface area (Å²) in [5.41, 5.74) is 5.58. The van der Waals surface area contributed by atoms with E-state index in [4.69, 9.17) is 5.73 Å². The van der Waals surface area contributed by atoms with Gasteiger partial charge in [0.25, 0.3) is 0 Å². The van der Waals surface area contributed by atoms with E-state index in [0.717, 1.165) is 19.3 Å². The van der Waals surface area contributed by atoms with Crippen LogP contribution in [0.3, 0.4) is 0 Å². The maximum Gasteiger partial charge on any atom is 0.407 e. The summed E-state index contributed by atoms with van der Waals surface area (Å²) in [7, 11) is 0. The minimum absolute atomic E-state index is 0.00561. The van der Waals surface area contributed by atoms with Gasteiger partial charge in [0.15, 0.2) is 0 Å². The van der Waals surface area contributed by atoms with E-state index in [1.165, 1.54) is 0 Å². The number of hydrogen-bond donors (Lipinski definition) is 2. The third kappa shape index (κ3) is 3.11. The fourth-order valence-corrected chi connectivity index (χ4v) is 2.59. The molecule has 1 saturated heterocycles. The van der Waals surface area contributed by atoms with E-state index in [1.54, 1.807) is 4.90 Å². The van der Waals surface area contributed by atoms with E-state index in [2.05, 4.69) is 20.8 Å². The van der Waals surface area contributed by atoms with Crippen molar-refractivity contribution in [3.8, 4) is 0 Å². The SMILES string of the molecule is CC(C)(C)C1CC(CCN)CCN1C(=O)O. The Hall–Kier alpha value is -0.770. The van der Waals surface area contributed by atoms with Crippen LogP contribution < -0.4 is 5.73 Å². The van der Waals surface area contributed by atoms with Crippen LogP contribution in [0.15, 0.2) is 0 Å². The van der Waals surface area contributed by atoms with Crippen LogP contribution >= 0.6 is 0 Å². The van der Waals surface area contributed by atoms with Crippen molar-refractivity contribution < 1.29 is 9.90 Å². The van der Waals surface area contributed by atoms with Crippen LogP contribution in [0.2, 0.25) is 0 Å². The van der Waals surface area contributed by atoms with Gasteiger partial charge in [-0.2, -0.15) is 0 Å². The largest absolute Gasteiger partial charge is 0.465 e. The van der Waals surface area contributed by atoms with Crippen molar-refractivity contribution >= 4 is 6.09 Å². The molecule has 1 amide bonds. The zero-order chi connectivity index (χ0) is 12.3. The number of carbonyl (C=O) groups is 1. The van der Waals surface area contributed by atoms with E-state index >= 15 is 0 Å². The number of amides is 1. The number of nitrogens with zero attached hydrogens (tertiary/aromatic N) is 1. The summed E-state index contributed by atoms with van der Waals surface area (Å²) < 4.78 is 0. The number of hydrogen-bond acceptors (Lipinski definition) is 2. The highest BCUT2D eigenvalue weighted by molar-refractivity contribution is 5.65. The van der Waals surface area contributed by atoms with Gasteiger partial charge in [0.1, 0.15) is 0 Å². The third-order valence-electron chi connectivity index (χ3n) is 3.53. The minimum Gasteiger partial charge on any atom is -0.465 e. The smallest absolute Gasteiger partial charge is 0.407 e. The molecule has 0 aromatic carbocycles. The quantitative estimate of drug-likeness (QED) is 0.761. The molecule has 0 spiro atoms. The van der Waals surface area contributed by atoms with E-state index in [9.17, 15) is 9.90 Å². The van der Waals surface area contributed by atoms with Gasteiger partial charge in [-0.05, 0) is 37.1 Å². The molecule has 3 N–H and O–H groups in total. The Labute approximate surface area is 97.8 Å². The second kappa shape index (κ2) is 5.04. The molecule has 4 heteroatoms. The Balaban J connectivity index is 2.74. The molecule has 1 aliphatic heterocycles. The Morgan fingerprint density at radius 1 is 1.50 bits per heavy atom. The van der Waals surface area contributed by atoms with E-state index < -0.39 is 6.09 Å². The summed E-state index contributed by atoms with van der Waals surface area (Å²) in [5, 5.41) is 9.19. The Bertz CT molecular complexity index is 248. The van der Waals surface area contributed by atoms with Gasteiger partial charge < -0.3 is 15.7 Å². The van der Waals surface area contributed by atoms with Gasteiger partial charge in [0, 0.05) is 12.6 Å². The van der Waals surface area contributed by atoms with Gasteiger partial charge >= 0.3 is 6.09 Å². The van der Waals surface area contributed by atoms with Crippen LogP contribution in [0, 0.1) is 11.3 Å². The molecule has 0 aromatic heterocycles. The van der Waals surface area contributed by atoms with Crippen molar-refractivity contribution in [3.63, 3.8) is 0 Å². The number of rotatable bonds is 2. The van der Waals surface area contributed by atoms with E-state index in [0.29, 0.717) is 19.0 Å². The molecule has 0 aliphatic carbocycles. The number of nitrogens with two attached hydrogens (primary N) is 1. The average molecular weight is 228 g/mol. The molecule has 4 nitrogen and oxygen atoms in total. The second-order valence-electron chi connectivity index (χ2n) is 5.83. The fourth-order valence-electron chi connectivity index (χ4n) is 2.59. The maximum atomic E-state index is 11.2. The summed E-state index contributed by atoms with van der Waals surface area (Å²) in [6.45, 7) is 7.69. The summed E-state index contributed by atoms with van der Waals surface area (Å²) in [5.74, 6) is 0.588. The topological polar surface area (TPSA) is 66.6 Å². The molecular formula is C12H24N2O2. The van der Waals surface area contributed by atoms with Gasteiger partial charge in [0.05, 0.1) is 0 Å². The third-order valence-corrected chi connectivity index (χ3v) is 3.53. The first-order valence-corrected chi connectivity index (χ1v) is 6.06. The van der Waals surface area contributed by atoms with Crippen LogP contribution in [0.25, 0.3) is 0 Å². The number of carboxylic acid groups (broad SMARTS) is 1. The number of piperidine rings is 1. The summed E-state index contributed by atoms with van der Waals surface area (Å²) in [6, 6.07) is 0.121. The van der Waals surface area contributed by atoms with Gasteiger partial charge in [-0.3, -0.25) is 0 Å². The predicted molar refractivity (Wildman–Crippen MR) is 64.4 cm³/mol. The molecular weight excluding hydrogens is 204 g/mol. The van der Waals surface area contributed by atoms with Crippen molar-refractivity contribution in [3.05, 3.63) is 0 Å². The van der Waals surface area contributed by atoms with Crippen molar-refractivity contribution in [2.75, 3.05) is 13.1 Å². The highest BCUT2D eigenvalue weighted by Crippen LogP contribution is 2.35. The van der Waals surface area contributed by atoms with Gasteiger partial charge in [0.2, 0.25) is 0 Å². The molecule has 2 atom stereocenters. The van der Waals surface area contributed by atoms with Crippen molar-refractivity contribution in [1.29, 1.82) is 0 Å². The maximum absolute atomic E-state index is 11.2. The summed E-state index contributed by atoms with van der Waals surface area (Å²) in [6.07, 6.45) is 2.13. The molecule has 0 radical (unpaired) electrons. The predicted octanol–water partition coefficient (Wildman–Crippen LogP) is 2.14. The minimum atomic E-state index is -0.786. The summed E-state index contributed by atoms with van der Waals surface area (Å²) >= 11 is 0. The van der Waals surface area contributed by atoms with E-state index in [-0.39, 0.29) is 11.5 Å². The average Bonchev–Trinajstić information content (AvgIpc) is 2.16. The lowest BCUT2D eigenvalue weighted by Crippen LogP contribution is -2.51. The standard InChI is InChI=1S/C12H24N2O2/c1-12(2,3)10-8-9(4-6-13)5-7-14(10)11(15)16/h9-10H,4-8,13H2,1-3H3,(H,15,16). The van der Waals surface area contributed by atoms with Gasteiger partial charge in [-0.25, -0.2) is 4.79 Å². The van der Waals surface area contributed by atoms with Gasteiger partial charge in [-0.1, -0.05) is 20.8 Å². The first-order chi connectivity index (χ1) is 7.36. The molecule has 16 heavy (non-hydrogen) atoms. The van der Waals surface area contributed by atoms with Crippen LogP contribution in [0.4, 0.5) is 4.79 Å². The molecule has 0 bridgehead atoms. The normalized spacial score (nSPS) is 26.9. The summed E-state index contributed by atoms with van der Waals surface area (Å²) in [4.78, 5) is 12.8. The lowest BCUT2D eigenvalue weighted by molar-refractivity contribution is 0.0395. The zero-order valence-corrected chi connectivity index (χ0v) is 10.6. The Morgan fingerprint density at radius 3 is 2.56 bits per heavy atom. The molecule has 2 unspecified atom stereocenters. The van der Waals surface area contributed by atoms with E-state index in [1.807, 2.05) is 0 Å². The zero-order valence-electron chi connectivity index (χ0n) is 10.6. The van der Waals surface area contributed by atoms with Crippen molar-refractivity contribution in [1.82, 2.24) is 4.90 Å². The molecule has 0 aromatic rings. The first-order valence-electron chi connectivity index (χ1n) is 6.06. The lowest BCUT2D eigenvalue weighted by atomic mass is 9.76.